The van der Waals surface area contributed by atoms with Gasteiger partial charge in [0.1, 0.15) is 12.3 Å². The molecule has 0 saturated heterocycles. The van der Waals surface area contributed by atoms with Gasteiger partial charge in [0.05, 0.1) is 18.2 Å². The number of nitrogens with zero attached hydrogens (tertiary/aromatic N) is 1. The number of nitrogens with one attached hydrogen (secondary N) is 1. The zero-order valence-corrected chi connectivity index (χ0v) is 12.7. The number of hydrogen-bond donors (Lipinski definition) is 1. The van der Waals surface area contributed by atoms with Gasteiger partial charge in [0.25, 0.3) is 5.56 Å². The number of rotatable bonds is 4. The highest BCUT2D eigenvalue weighted by Crippen LogP contribution is 2.23. The van der Waals surface area contributed by atoms with Crippen molar-refractivity contribution in [2.45, 2.75) is 6.54 Å². The predicted octanol–water partition coefficient (Wildman–Crippen LogP) is 2.71. The number of hydrogen-bond acceptors (Lipinski definition) is 4. The zero-order chi connectivity index (χ0) is 15.5. The van der Waals surface area contributed by atoms with Gasteiger partial charge in [-0.15, -0.1) is 11.3 Å². The average molecular weight is 314 g/mol. The van der Waals surface area contributed by atoms with Gasteiger partial charge >= 0.3 is 0 Å². The van der Waals surface area contributed by atoms with Crippen molar-refractivity contribution < 1.29 is 9.53 Å². The van der Waals surface area contributed by atoms with Crippen molar-refractivity contribution in [2.24, 2.45) is 0 Å². The van der Waals surface area contributed by atoms with E-state index < -0.39 is 0 Å². The fourth-order valence-corrected chi connectivity index (χ4v) is 3.00. The summed E-state index contributed by atoms with van der Waals surface area (Å²) in [5.74, 6) is 0.303. The van der Waals surface area contributed by atoms with Crippen LogP contribution >= 0.6 is 11.3 Å². The van der Waals surface area contributed by atoms with Gasteiger partial charge in [-0.3, -0.25) is 9.59 Å². The number of aromatic nitrogens is 1. The second-order valence-corrected chi connectivity index (χ2v) is 5.64. The topological polar surface area (TPSA) is 60.3 Å². The van der Waals surface area contributed by atoms with Gasteiger partial charge in [0.15, 0.2) is 0 Å². The Morgan fingerprint density at radius 2 is 2.09 bits per heavy atom. The number of amides is 1. The van der Waals surface area contributed by atoms with Crippen LogP contribution < -0.4 is 15.6 Å². The Morgan fingerprint density at radius 3 is 2.91 bits per heavy atom. The van der Waals surface area contributed by atoms with Gasteiger partial charge < -0.3 is 14.6 Å². The van der Waals surface area contributed by atoms with Crippen LogP contribution in [0.15, 0.2) is 52.8 Å². The Hall–Kier alpha value is -2.60. The first-order valence-electron chi connectivity index (χ1n) is 6.68. The van der Waals surface area contributed by atoms with Crippen LogP contribution in [0.3, 0.4) is 0 Å². The Balaban J connectivity index is 1.81. The monoisotopic (exact) mass is 314 g/mol. The van der Waals surface area contributed by atoms with E-state index in [2.05, 4.69) is 5.32 Å². The Kier molecular flexibility index (Phi) is 3.93. The summed E-state index contributed by atoms with van der Waals surface area (Å²) in [6.45, 7) is -0.0390. The van der Waals surface area contributed by atoms with Gasteiger partial charge in [0, 0.05) is 10.9 Å². The first kappa shape index (κ1) is 14.3. The molecule has 0 spiro atoms. The van der Waals surface area contributed by atoms with E-state index in [1.54, 1.807) is 31.5 Å². The number of para-hydroxylation sites is 2. The molecule has 0 aliphatic heterocycles. The summed E-state index contributed by atoms with van der Waals surface area (Å²) in [5, 5.41) is 5.26. The molecular weight excluding hydrogens is 300 g/mol. The molecule has 0 bridgehead atoms. The molecule has 22 heavy (non-hydrogen) atoms. The number of carbonyl (C=O) groups is 1. The van der Waals surface area contributed by atoms with Crippen LogP contribution in [0.5, 0.6) is 5.75 Å². The van der Waals surface area contributed by atoms with Crippen LogP contribution in [0.2, 0.25) is 0 Å². The summed E-state index contributed by atoms with van der Waals surface area (Å²) >= 11 is 1.51. The van der Waals surface area contributed by atoms with E-state index in [9.17, 15) is 9.59 Å². The predicted molar refractivity (Wildman–Crippen MR) is 87.7 cm³/mol. The maximum absolute atomic E-state index is 12.3. The molecule has 1 aromatic carbocycles. The summed E-state index contributed by atoms with van der Waals surface area (Å²) in [7, 11) is 1.54. The van der Waals surface area contributed by atoms with Crippen LogP contribution in [-0.2, 0) is 11.3 Å². The van der Waals surface area contributed by atoms with Crippen LogP contribution in [-0.4, -0.2) is 17.6 Å². The summed E-state index contributed by atoms with van der Waals surface area (Å²) in [5.41, 5.74) is 0.425. The third-order valence-corrected chi connectivity index (χ3v) is 4.17. The molecule has 1 amide bonds. The number of pyridine rings is 1. The molecule has 3 rings (SSSR count). The molecule has 0 aliphatic carbocycles. The quantitative estimate of drug-likeness (QED) is 0.805. The molecule has 6 heteroatoms. The van der Waals surface area contributed by atoms with E-state index in [1.807, 2.05) is 23.6 Å². The molecule has 2 heterocycles. The SMILES string of the molecule is COc1ccccc1NC(=O)Cn1ccc2sccc2c1=O. The lowest BCUT2D eigenvalue weighted by molar-refractivity contribution is -0.116. The number of carbonyl (C=O) groups excluding carboxylic acids is 1. The number of fused-ring (bicyclic) bond motifs is 1. The molecule has 0 fully saturated rings. The highest BCUT2D eigenvalue weighted by atomic mass is 32.1. The largest absolute Gasteiger partial charge is 0.495 e. The van der Waals surface area contributed by atoms with Gasteiger partial charge in [-0.05, 0) is 29.6 Å². The number of ether oxygens (including phenoxy) is 1. The summed E-state index contributed by atoms with van der Waals surface area (Å²) in [6.07, 6.45) is 1.64. The van der Waals surface area contributed by atoms with Gasteiger partial charge in [-0.1, -0.05) is 12.1 Å². The molecule has 0 atom stereocenters. The minimum absolute atomic E-state index is 0.0390. The number of thiophene rings is 1. The van der Waals surface area contributed by atoms with Crippen molar-refractivity contribution in [1.82, 2.24) is 4.57 Å². The Bertz CT molecular complexity index is 882. The van der Waals surface area contributed by atoms with E-state index in [4.69, 9.17) is 4.74 Å². The number of methoxy groups -OCH3 is 1. The van der Waals surface area contributed by atoms with Crippen molar-refractivity contribution in [1.29, 1.82) is 0 Å². The second-order valence-electron chi connectivity index (χ2n) is 4.70. The lowest BCUT2D eigenvalue weighted by Gasteiger charge is -2.10. The van der Waals surface area contributed by atoms with Crippen LogP contribution in [0.1, 0.15) is 0 Å². The van der Waals surface area contributed by atoms with Crippen molar-refractivity contribution in [3.8, 4) is 5.75 Å². The van der Waals surface area contributed by atoms with Crippen molar-refractivity contribution >= 4 is 33.0 Å². The fourth-order valence-electron chi connectivity index (χ4n) is 2.22. The van der Waals surface area contributed by atoms with E-state index >= 15 is 0 Å². The van der Waals surface area contributed by atoms with E-state index in [-0.39, 0.29) is 18.0 Å². The summed E-state index contributed by atoms with van der Waals surface area (Å²) < 4.78 is 7.51. The fraction of sp³-hybridized carbons (Fsp3) is 0.125. The molecule has 2 aromatic heterocycles. The van der Waals surface area contributed by atoms with Crippen LogP contribution in [0.4, 0.5) is 5.69 Å². The minimum Gasteiger partial charge on any atom is -0.495 e. The van der Waals surface area contributed by atoms with Crippen molar-refractivity contribution in [3.63, 3.8) is 0 Å². The molecule has 1 N–H and O–H groups in total. The maximum atomic E-state index is 12.3. The molecule has 0 radical (unpaired) electrons. The van der Waals surface area contributed by atoms with Gasteiger partial charge in [-0.25, -0.2) is 0 Å². The Morgan fingerprint density at radius 1 is 1.27 bits per heavy atom. The smallest absolute Gasteiger partial charge is 0.259 e. The highest BCUT2D eigenvalue weighted by molar-refractivity contribution is 7.17. The minimum atomic E-state index is -0.277. The van der Waals surface area contributed by atoms with E-state index in [0.29, 0.717) is 16.8 Å². The Labute approximate surface area is 130 Å². The molecule has 112 valence electrons. The molecule has 0 unspecified atom stereocenters. The van der Waals surface area contributed by atoms with E-state index in [1.165, 1.54) is 15.9 Å². The first-order valence-corrected chi connectivity index (χ1v) is 7.56. The molecular formula is C16H14N2O3S. The van der Waals surface area contributed by atoms with Crippen LogP contribution in [0, 0.1) is 0 Å². The standard InChI is InChI=1S/C16H14N2O3S/c1-21-13-5-3-2-4-12(13)17-15(19)10-18-8-6-14-11(16(18)20)7-9-22-14/h2-9H,10H2,1H3,(H,17,19). The van der Waals surface area contributed by atoms with Crippen molar-refractivity contribution in [2.75, 3.05) is 12.4 Å². The van der Waals surface area contributed by atoms with E-state index in [0.717, 1.165) is 4.70 Å². The third-order valence-electron chi connectivity index (χ3n) is 3.29. The highest BCUT2D eigenvalue weighted by Gasteiger charge is 2.10. The van der Waals surface area contributed by atoms with Gasteiger partial charge in [0.2, 0.25) is 5.91 Å². The molecule has 0 aliphatic rings. The lowest BCUT2D eigenvalue weighted by Crippen LogP contribution is -2.27. The molecule has 5 nitrogen and oxygen atoms in total. The first-order chi connectivity index (χ1) is 10.7. The normalized spacial score (nSPS) is 10.6. The maximum Gasteiger partial charge on any atom is 0.259 e. The number of benzene rings is 1. The lowest BCUT2D eigenvalue weighted by atomic mass is 10.3. The second kappa shape index (κ2) is 6.03. The zero-order valence-electron chi connectivity index (χ0n) is 11.9. The summed E-state index contributed by atoms with van der Waals surface area (Å²) in [6, 6.07) is 10.8. The number of anilines is 1. The molecule has 3 aromatic rings. The summed E-state index contributed by atoms with van der Waals surface area (Å²) in [4.78, 5) is 24.4. The average Bonchev–Trinajstić information content (AvgIpc) is 3.00. The van der Waals surface area contributed by atoms with Crippen LogP contribution in [0.25, 0.3) is 10.1 Å². The third kappa shape index (κ3) is 2.73. The van der Waals surface area contributed by atoms with Crippen molar-refractivity contribution in [3.05, 3.63) is 58.3 Å². The van der Waals surface area contributed by atoms with Gasteiger partial charge in [-0.2, -0.15) is 0 Å². The molecule has 0 saturated carbocycles.